The van der Waals surface area contributed by atoms with E-state index in [9.17, 15) is 14.0 Å². The molecule has 2 amide bonds. The molecule has 8 heteroatoms. The van der Waals surface area contributed by atoms with Gasteiger partial charge < -0.3 is 10.2 Å². The van der Waals surface area contributed by atoms with Crippen LogP contribution in [0, 0.1) is 5.82 Å². The van der Waals surface area contributed by atoms with Gasteiger partial charge in [0.2, 0.25) is 11.8 Å². The van der Waals surface area contributed by atoms with Crippen molar-refractivity contribution in [3.63, 3.8) is 0 Å². The maximum absolute atomic E-state index is 13.3. The summed E-state index contributed by atoms with van der Waals surface area (Å²) in [5, 5.41) is 3.90. The van der Waals surface area contributed by atoms with Crippen molar-refractivity contribution in [1.29, 1.82) is 0 Å². The van der Waals surface area contributed by atoms with Crippen LogP contribution in [0.3, 0.4) is 0 Å². The summed E-state index contributed by atoms with van der Waals surface area (Å²) in [5.41, 5.74) is 1.74. The third-order valence-corrected chi connectivity index (χ3v) is 6.69. The molecule has 2 aromatic carbocycles. The summed E-state index contributed by atoms with van der Waals surface area (Å²) in [6, 6.07) is 10.8. The highest BCUT2D eigenvalue weighted by Gasteiger charge is 2.28. The van der Waals surface area contributed by atoms with Gasteiger partial charge in [0.25, 0.3) is 0 Å². The summed E-state index contributed by atoms with van der Waals surface area (Å²) in [4.78, 5) is 27.6. The molecule has 0 spiro atoms. The van der Waals surface area contributed by atoms with Crippen molar-refractivity contribution in [2.75, 3.05) is 12.3 Å². The number of carbonyl (C=O) groups is 2. The van der Waals surface area contributed by atoms with Crippen molar-refractivity contribution in [1.82, 2.24) is 10.2 Å². The minimum absolute atomic E-state index is 0.142. The molecule has 0 saturated carbocycles. The lowest BCUT2D eigenvalue weighted by Crippen LogP contribution is -2.49. The molecule has 0 aliphatic rings. The van der Waals surface area contributed by atoms with E-state index in [1.54, 1.807) is 29.2 Å². The summed E-state index contributed by atoms with van der Waals surface area (Å²) in [6.45, 7) is 4.76. The fourth-order valence-electron chi connectivity index (χ4n) is 3.18. The first-order valence-electron chi connectivity index (χ1n) is 10.7. The van der Waals surface area contributed by atoms with Crippen LogP contribution in [0.5, 0.6) is 0 Å². The van der Waals surface area contributed by atoms with Gasteiger partial charge in [-0.1, -0.05) is 61.7 Å². The third kappa shape index (κ3) is 8.30. The lowest BCUT2D eigenvalue weighted by atomic mass is 10.1. The topological polar surface area (TPSA) is 49.4 Å². The number of carbonyl (C=O) groups excluding carboxylic acids is 2. The number of amides is 2. The first-order valence-corrected chi connectivity index (χ1v) is 12.6. The molecule has 32 heavy (non-hydrogen) atoms. The normalized spacial score (nSPS) is 11.8. The van der Waals surface area contributed by atoms with Crippen LogP contribution in [0.15, 0.2) is 42.5 Å². The quantitative estimate of drug-likeness (QED) is 0.360. The Balaban J connectivity index is 2.10. The minimum atomic E-state index is -0.588. The molecule has 0 bridgehead atoms. The van der Waals surface area contributed by atoms with Gasteiger partial charge in [-0.05, 0) is 48.2 Å². The monoisotopic (exact) mass is 498 g/mol. The number of thioether (sulfide) groups is 1. The average Bonchev–Trinajstić information content (AvgIpc) is 2.77. The van der Waals surface area contributed by atoms with E-state index < -0.39 is 6.04 Å². The second kappa shape index (κ2) is 13.7. The SMILES string of the molecule is CCCCNC(=O)[C@@H](CC)N(Cc1ccc(F)cc1)C(=O)CSCc1ccc(Cl)c(Cl)c1. The second-order valence-electron chi connectivity index (χ2n) is 7.46. The predicted octanol–water partition coefficient (Wildman–Crippen LogP) is 6.09. The van der Waals surface area contributed by atoms with Crippen LogP contribution < -0.4 is 5.32 Å². The first-order chi connectivity index (χ1) is 15.3. The molecule has 1 N–H and O–H groups in total. The summed E-state index contributed by atoms with van der Waals surface area (Å²) in [7, 11) is 0. The Kier molecular flexibility index (Phi) is 11.4. The van der Waals surface area contributed by atoms with E-state index in [1.807, 2.05) is 13.0 Å². The van der Waals surface area contributed by atoms with E-state index in [1.165, 1.54) is 23.9 Å². The highest BCUT2D eigenvalue weighted by molar-refractivity contribution is 7.99. The third-order valence-electron chi connectivity index (χ3n) is 4.96. The van der Waals surface area contributed by atoms with Crippen LogP contribution in [0.2, 0.25) is 10.0 Å². The zero-order valence-corrected chi connectivity index (χ0v) is 20.7. The van der Waals surface area contributed by atoms with Crippen LogP contribution in [-0.2, 0) is 21.9 Å². The number of benzene rings is 2. The molecule has 1 atom stereocenters. The molecule has 0 fully saturated rings. The Bertz CT molecular complexity index is 896. The number of nitrogens with one attached hydrogen (secondary N) is 1. The maximum Gasteiger partial charge on any atom is 0.242 e. The second-order valence-corrected chi connectivity index (χ2v) is 9.26. The van der Waals surface area contributed by atoms with E-state index in [0.29, 0.717) is 28.8 Å². The molecule has 2 rings (SSSR count). The standard InChI is InChI=1S/C24H29Cl2FN2O2S/c1-3-5-12-28-24(31)22(4-2)29(14-17-6-9-19(27)10-7-17)23(30)16-32-15-18-8-11-20(25)21(26)13-18/h6-11,13,22H,3-5,12,14-16H2,1-2H3,(H,28,31)/t22-/m1/s1. The van der Waals surface area contributed by atoms with Gasteiger partial charge in [-0.2, -0.15) is 0 Å². The Morgan fingerprint density at radius 3 is 2.38 bits per heavy atom. The number of unbranched alkanes of at least 4 members (excludes halogenated alkanes) is 1. The van der Waals surface area contributed by atoms with E-state index in [-0.39, 0.29) is 29.9 Å². The Morgan fingerprint density at radius 2 is 1.75 bits per heavy atom. The zero-order valence-electron chi connectivity index (χ0n) is 18.4. The summed E-state index contributed by atoms with van der Waals surface area (Å²) in [6.07, 6.45) is 2.34. The lowest BCUT2D eigenvalue weighted by molar-refractivity contribution is -0.139. The Hall–Kier alpha value is -1.76. The van der Waals surface area contributed by atoms with Crippen molar-refractivity contribution in [2.24, 2.45) is 0 Å². The fraction of sp³-hybridized carbons (Fsp3) is 0.417. The molecule has 174 valence electrons. The highest BCUT2D eigenvalue weighted by Crippen LogP contribution is 2.25. The summed E-state index contributed by atoms with van der Waals surface area (Å²) < 4.78 is 13.3. The number of hydrogen-bond donors (Lipinski definition) is 1. The molecule has 0 aliphatic carbocycles. The molecular formula is C24H29Cl2FN2O2S. The van der Waals surface area contributed by atoms with E-state index >= 15 is 0 Å². The minimum Gasteiger partial charge on any atom is -0.354 e. The van der Waals surface area contributed by atoms with Gasteiger partial charge in [0.05, 0.1) is 15.8 Å². The molecule has 0 aromatic heterocycles. The van der Waals surface area contributed by atoms with Crippen LogP contribution in [0.1, 0.15) is 44.2 Å². The van der Waals surface area contributed by atoms with E-state index in [0.717, 1.165) is 24.0 Å². The molecule has 0 radical (unpaired) electrons. The van der Waals surface area contributed by atoms with Crippen LogP contribution in [0.4, 0.5) is 4.39 Å². The van der Waals surface area contributed by atoms with Gasteiger partial charge in [-0.3, -0.25) is 9.59 Å². The summed E-state index contributed by atoms with van der Waals surface area (Å²) in [5.74, 6) is 0.156. The Labute approximate surface area is 203 Å². The first kappa shape index (κ1) is 26.5. The molecular weight excluding hydrogens is 470 g/mol. The number of halogens is 3. The van der Waals surface area contributed by atoms with E-state index in [4.69, 9.17) is 23.2 Å². The Morgan fingerprint density at radius 1 is 1.06 bits per heavy atom. The van der Waals surface area contributed by atoms with E-state index in [2.05, 4.69) is 12.2 Å². The molecule has 0 heterocycles. The lowest BCUT2D eigenvalue weighted by Gasteiger charge is -2.30. The van der Waals surface area contributed by atoms with Crippen LogP contribution in [0.25, 0.3) is 0 Å². The molecule has 0 aliphatic heterocycles. The van der Waals surface area contributed by atoms with Gasteiger partial charge in [-0.25, -0.2) is 4.39 Å². The van der Waals surface area contributed by atoms with Gasteiger partial charge in [0, 0.05) is 18.8 Å². The number of nitrogens with zero attached hydrogens (tertiary/aromatic N) is 1. The molecule has 0 saturated heterocycles. The van der Waals surface area contributed by atoms with Crippen molar-refractivity contribution in [3.05, 3.63) is 69.5 Å². The molecule has 0 unspecified atom stereocenters. The fourth-order valence-corrected chi connectivity index (χ4v) is 4.36. The van der Waals surface area contributed by atoms with Gasteiger partial charge >= 0.3 is 0 Å². The highest BCUT2D eigenvalue weighted by atomic mass is 35.5. The largest absolute Gasteiger partial charge is 0.354 e. The van der Waals surface area contributed by atoms with Crippen LogP contribution >= 0.6 is 35.0 Å². The number of rotatable bonds is 12. The van der Waals surface area contributed by atoms with Crippen LogP contribution in [-0.4, -0.2) is 35.1 Å². The van der Waals surface area contributed by atoms with Crippen molar-refractivity contribution in [3.8, 4) is 0 Å². The van der Waals surface area contributed by atoms with Gasteiger partial charge in [-0.15, -0.1) is 11.8 Å². The molecule has 4 nitrogen and oxygen atoms in total. The molecule has 2 aromatic rings. The zero-order chi connectivity index (χ0) is 23.5. The van der Waals surface area contributed by atoms with Gasteiger partial charge in [0.15, 0.2) is 0 Å². The van der Waals surface area contributed by atoms with Crippen molar-refractivity contribution < 1.29 is 14.0 Å². The average molecular weight is 499 g/mol. The predicted molar refractivity (Wildman–Crippen MR) is 132 cm³/mol. The van der Waals surface area contributed by atoms with Crippen molar-refractivity contribution in [2.45, 2.75) is 51.4 Å². The van der Waals surface area contributed by atoms with Gasteiger partial charge in [0.1, 0.15) is 11.9 Å². The maximum atomic E-state index is 13.3. The summed E-state index contributed by atoms with van der Waals surface area (Å²) >= 11 is 13.5. The number of hydrogen-bond acceptors (Lipinski definition) is 3. The smallest absolute Gasteiger partial charge is 0.242 e. The van der Waals surface area contributed by atoms with Crippen molar-refractivity contribution >= 4 is 46.8 Å².